The minimum absolute atomic E-state index is 0.0656. The summed E-state index contributed by atoms with van der Waals surface area (Å²) in [6.07, 6.45) is 2.02. The summed E-state index contributed by atoms with van der Waals surface area (Å²) in [6.45, 7) is 2.17. The number of anilines is 1. The Hall–Kier alpha value is -2.24. The lowest BCUT2D eigenvalue weighted by molar-refractivity contribution is 0.101. The van der Waals surface area contributed by atoms with Crippen LogP contribution in [-0.2, 0) is 7.05 Å². The summed E-state index contributed by atoms with van der Waals surface area (Å²) in [5.74, 6) is 1.17. The Morgan fingerprint density at radius 1 is 1.40 bits per heavy atom. The SMILES string of the molecule is CCC1c2c(NC(=O)c3cn(C)nc3C(F)F)cccc2C2CCC21. The van der Waals surface area contributed by atoms with Gasteiger partial charge in [-0.15, -0.1) is 0 Å². The predicted octanol–water partition coefficient (Wildman–Crippen LogP) is 4.61. The van der Waals surface area contributed by atoms with Gasteiger partial charge in [0.1, 0.15) is 5.69 Å². The van der Waals surface area contributed by atoms with Crippen molar-refractivity contribution in [2.45, 2.75) is 44.4 Å². The molecule has 2 aliphatic carbocycles. The number of nitrogens with zero attached hydrogens (tertiary/aromatic N) is 2. The van der Waals surface area contributed by atoms with Gasteiger partial charge in [0.05, 0.1) is 5.56 Å². The molecule has 1 fully saturated rings. The number of hydrogen-bond acceptors (Lipinski definition) is 2. The van der Waals surface area contributed by atoms with Crippen molar-refractivity contribution in [2.75, 3.05) is 5.32 Å². The van der Waals surface area contributed by atoms with Gasteiger partial charge in [-0.1, -0.05) is 19.1 Å². The zero-order valence-corrected chi connectivity index (χ0v) is 14.3. The molecule has 0 radical (unpaired) electrons. The zero-order valence-electron chi connectivity index (χ0n) is 14.3. The molecule has 2 aromatic rings. The van der Waals surface area contributed by atoms with E-state index in [0.717, 1.165) is 12.1 Å². The Morgan fingerprint density at radius 3 is 2.84 bits per heavy atom. The second-order valence-corrected chi connectivity index (χ2v) is 7.03. The second kappa shape index (κ2) is 5.93. The lowest BCUT2D eigenvalue weighted by atomic mass is 9.70. The van der Waals surface area contributed by atoms with Gasteiger partial charge in [-0.05, 0) is 54.2 Å². The van der Waals surface area contributed by atoms with Crippen LogP contribution >= 0.6 is 0 Å². The Balaban J connectivity index is 1.68. The number of carbonyl (C=O) groups is 1. The second-order valence-electron chi connectivity index (χ2n) is 7.03. The van der Waals surface area contributed by atoms with Gasteiger partial charge in [-0.2, -0.15) is 5.10 Å². The molecule has 1 saturated carbocycles. The van der Waals surface area contributed by atoms with E-state index in [1.807, 2.05) is 12.1 Å². The fraction of sp³-hybridized carbons (Fsp3) is 0.474. The van der Waals surface area contributed by atoms with Crippen LogP contribution in [0.1, 0.15) is 71.6 Å². The van der Waals surface area contributed by atoms with Crippen molar-refractivity contribution in [3.63, 3.8) is 0 Å². The Bertz CT molecular complexity index is 830. The average Bonchev–Trinajstić information content (AvgIpc) is 3.03. The third kappa shape index (κ3) is 2.46. The van der Waals surface area contributed by atoms with Gasteiger partial charge in [0, 0.05) is 18.9 Å². The molecular weight excluding hydrogens is 324 g/mol. The number of rotatable bonds is 4. The van der Waals surface area contributed by atoms with Crippen molar-refractivity contribution in [1.82, 2.24) is 9.78 Å². The van der Waals surface area contributed by atoms with Crippen molar-refractivity contribution in [3.05, 3.63) is 46.8 Å². The molecule has 0 saturated heterocycles. The lowest BCUT2D eigenvalue weighted by Crippen LogP contribution is -2.22. The maximum absolute atomic E-state index is 13.1. The van der Waals surface area contributed by atoms with Crippen LogP contribution in [0.2, 0.25) is 0 Å². The highest BCUT2D eigenvalue weighted by molar-refractivity contribution is 6.05. The van der Waals surface area contributed by atoms with Gasteiger partial charge >= 0.3 is 0 Å². The Labute approximate surface area is 145 Å². The summed E-state index contributed by atoms with van der Waals surface area (Å²) in [5.41, 5.74) is 2.74. The van der Waals surface area contributed by atoms with Crippen molar-refractivity contribution >= 4 is 11.6 Å². The number of halogens is 2. The number of nitrogens with one attached hydrogen (secondary N) is 1. The highest BCUT2D eigenvalue weighted by atomic mass is 19.3. The topological polar surface area (TPSA) is 46.9 Å². The van der Waals surface area contributed by atoms with Crippen LogP contribution in [0.5, 0.6) is 0 Å². The third-order valence-electron chi connectivity index (χ3n) is 5.75. The molecule has 1 aromatic carbocycles. The highest BCUT2D eigenvalue weighted by Crippen LogP contribution is 2.60. The van der Waals surface area contributed by atoms with Crippen molar-refractivity contribution in [1.29, 1.82) is 0 Å². The predicted molar refractivity (Wildman–Crippen MR) is 91.1 cm³/mol. The summed E-state index contributed by atoms with van der Waals surface area (Å²) < 4.78 is 27.5. The first-order chi connectivity index (χ1) is 12.0. The van der Waals surface area contributed by atoms with Crippen LogP contribution in [0.3, 0.4) is 0 Å². The monoisotopic (exact) mass is 345 g/mol. The number of carbonyl (C=O) groups excluding carboxylic acids is 1. The van der Waals surface area contributed by atoms with E-state index in [1.54, 1.807) is 0 Å². The van der Waals surface area contributed by atoms with Gasteiger partial charge in [0.25, 0.3) is 12.3 Å². The fourth-order valence-electron chi connectivity index (χ4n) is 4.58. The molecule has 1 amide bonds. The Morgan fingerprint density at radius 2 is 2.20 bits per heavy atom. The maximum atomic E-state index is 13.1. The van der Waals surface area contributed by atoms with Crippen molar-refractivity contribution < 1.29 is 13.6 Å². The zero-order chi connectivity index (χ0) is 17.7. The molecule has 4 nitrogen and oxygen atoms in total. The molecule has 0 aliphatic heterocycles. The van der Waals surface area contributed by atoms with E-state index in [4.69, 9.17) is 0 Å². The average molecular weight is 345 g/mol. The number of benzene rings is 1. The van der Waals surface area contributed by atoms with Crippen molar-refractivity contribution in [2.24, 2.45) is 13.0 Å². The number of amides is 1. The van der Waals surface area contributed by atoms with E-state index in [0.29, 0.717) is 17.8 Å². The van der Waals surface area contributed by atoms with Gasteiger partial charge in [-0.3, -0.25) is 9.48 Å². The molecule has 25 heavy (non-hydrogen) atoms. The first kappa shape index (κ1) is 16.2. The molecule has 4 rings (SSSR count). The van der Waals surface area contributed by atoms with Gasteiger partial charge < -0.3 is 5.32 Å². The van der Waals surface area contributed by atoms with Crippen LogP contribution in [0.15, 0.2) is 24.4 Å². The summed E-state index contributed by atoms with van der Waals surface area (Å²) in [4.78, 5) is 12.6. The largest absolute Gasteiger partial charge is 0.322 e. The van der Waals surface area contributed by atoms with Gasteiger partial charge in [0.2, 0.25) is 0 Å². The highest BCUT2D eigenvalue weighted by Gasteiger charge is 2.46. The molecule has 0 bridgehead atoms. The van der Waals surface area contributed by atoms with Crippen LogP contribution in [0.25, 0.3) is 0 Å². The van der Waals surface area contributed by atoms with Gasteiger partial charge in [-0.25, -0.2) is 8.78 Å². The third-order valence-corrected chi connectivity index (χ3v) is 5.75. The summed E-state index contributed by atoms with van der Waals surface area (Å²) >= 11 is 0. The van der Waals surface area contributed by atoms with Crippen LogP contribution in [-0.4, -0.2) is 15.7 Å². The van der Waals surface area contributed by atoms with Crippen LogP contribution in [0, 0.1) is 5.92 Å². The van der Waals surface area contributed by atoms with E-state index in [2.05, 4.69) is 23.4 Å². The maximum Gasteiger partial charge on any atom is 0.282 e. The first-order valence-corrected chi connectivity index (χ1v) is 8.77. The number of hydrogen-bond donors (Lipinski definition) is 1. The lowest BCUT2D eigenvalue weighted by Gasteiger charge is -2.34. The summed E-state index contributed by atoms with van der Waals surface area (Å²) in [5, 5.41) is 6.59. The molecule has 1 heterocycles. The fourth-order valence-corrected chi connectivity index (χ4v) is 4.58. The van der Waals surface area contributed by atoms with E-state index >= 15 is 0 Å². The molecule has 0 spiro atoms. The molecular formula is C19H21F2N3O. The molecule has 1 N–H and O–H groups in total. The summed E-state index contributed by atoms with van der Waals surface area (Å²) in [7, 11) is 1.54. The standard InChI is InChI=1S/C19H21F2N3O/c1-3-10-11-7-8-12(11)13-5-4-6-15(16(10)13)22-19(25)14-9-24(2)23-17(14)18(20)21/h4-6,9-12,18H,3,7-8H2,1-2H3,(H,22,25). The number of alkyl halides is 2. The molecule has 3 atom stereocenters. The van der Waals surface area contributed by atoms with E-state index in [9.17, 15) is 13.6 Å². The Kier molecular flexibility index (Phi) is 3.85. The number of fused-ring (bicyclic) bond motifs is 3. The number of aromatic nitrogens is 2. The van der Waals surface area contributed by atoms with Crippen LogP contribution < -0.4 is 5.32 Å². The van der Waals surface area contributed by atoms with Crippen LogP contribution in [0.4, 0.5) is 14.5 Å². The van der Waals surface area contributed by atoms with Gasteiger partial charge in [0.15, 0.2) is 0 Å². The molecule has 1 aromatic heterocycles. The quantitative estimate of drug-likeness (QED) is 0.879. The summed E-state index contributed by atoms with van der Waals surface area (Å²) in [6, 6.07) is 5.97. The minimum atomic E-state index is -2.78. The minimum Gasteiger partial charge on any atom is -0.322 e. The first-order valence-electron chi connectivity index (χ1n) is 8.77. The molecule has 6 heteroatoms. The molecule has 132 valence electrons. The number of aryl methyl sites for hydroxylation is 1. The van der Waals surface area contributed by atoms with E-state index < -0.39 is 18.0 Å². The molecule has 3 unspecified atom stereocenters. The van der Waals surface area contributed by atoms with Crippen molar-refractivity contribution in [3.8, 4) is 0 Å². The smallest absolute Gasteiger partial charge is 0.282 e. The van der Waals surface area contributed by atoms with E-state index in [-0.39, 0.29) is 5.56 Å². The molecule has 2 aliphatic rings. The van der Waals surface area contributed by atoms with E-state index in [1.165, 1.54) is 41.9 Å². The normalized spacial score (nSPS) is 24.0.